The summed E-state index contributed by atoms with van der Waals surface area (Å²) in [4.78, 5) is 25.7. The summed E-state index contributed by atoms with van der Waals surface area (Å²) in [7, 11) is 0. The predicted octanol–water partition coefficient (Wildman–Crippen LogP) is 1.71. The van der Waals surface area contributed by atoms with Crippen LogP contribution in [-0.4, -0.2) is 54.4 Å². The number of nitrogens with one attached hydrogen (secondary N) is 3. The Bertz CT molecular complexity index is 958. The number of alkyl halides is 6. The second kappa shape index (κ2) is 10.9. The molecule has 35 heavy (non-hydrogen) atoms. The molecule has 0 aliphatic carbocycles. The molecule has 1 aliphatic heterocycles. The summed E-state index contributed by atoms with van der Waals surface area (Å²) in [5, 5.41) is 3.44. The van der Waals surface area contributed by atoms with Crippen molar-refractivity contribution in [2.24, 2.45) is 10.8 Å². The van der Waals surface area contributed by atoms with Crippen LogP contribution < -0.4 is 22.0 Å². The number of benzene rings is 1. The Labute approximate surface area is 196 Å². The lowest BCUT2D eigenvalue weighted by molar-refractivity contribution is -0.143. The van der Waals surface area contributed by atoms with Crippen LogP contribution in [0.25, 0.3) is 0 Å². The fourth-order valence-electron chi connectivity index (χ4n) is 2.96. The van der Waals surface area contributed by atoms with Crippen LogP contribution in [0.3, 0.4) is 0 Å². The number of rotatable bonds is 6. The Balaban J connectivity index is 1.93. The molecular weight excluding hydrogens is 486 g/mol. The average Bonchev–Trinajstić information content (AvgIpc) is 2.75. The van der Waals surface area contributed by atoms with Crippen molar-refractivity contribution in [1.29, 1.82) is 0 Å². The van der Waals surface area contributed by atoms with Gasteiger partial charge in [-0.25, -0.2) is 0 Å². The number of nitrogens with zero attached hydrogens (tertiary/aromatic N) is 2. The summed E-state index contributed by atoms with van der Waals surface area (Å²) >= 11 is 0. The third-order valence-electron chi connectivity index (χ3n) is 4.85. The van der Waals surface area contributed by atoms with Gasteiger partial charge in [0.15, 0.2) is 5.84 Å². The Kier molecular flexibility index (Phi) is 8.73. The average molecular weight is 510 g/mol. The summed E-state index contributed by atoms with van der Waals surface area (Å²) in [6.07, 6.45) is -8.30. The van der Waals surface area contributed by atoms with E-state index in [0.29, 0.717) is 31.9 Å². The Morgan fingerprint density at radius 3 is 2.26 bits per heavy atom. The van der Waals surface area contributed by atoms with Crippen molar-refractivity contribution in [2.45, 2.75) is 31.7 Å². The third kappa shape index (κ3) is 8.43. The predicted molar refractivity (Wildman–Crippen MR) is 112 cm³/mol. The van der Waals surface area contributed by atoms with E-state index in [0.717, 1.165) is 12.3 Å². The molecule has 15 heteroatoms. The third-order valence-corrected chi connectivity index (χ3v) is 4.85. The molecule has 1 aromatic carbocycles. The van der Waals surface area contributed by atoms with Crippen molar-refractivity contribution < 1.29 is 40.7 Å². The standard InChI is InChI=1S/C20H24F6N6O3/c1-18(2)11-35-6-5-32(18)10-16(34)30-29-15(33)3-4-28-31-17(27)12-7-13(19(21,22)23)9-14(8-12)20(24,25)26/h3-4,7-9,28H,5-6,10-11H2,1-2H3,(H2,27,31)(H,29,33)(H,30,34)/b4-3-. The van der Waals surface area contributed by atoms with Crippen LogP contribution in [0.1, 0.15) is 30.5 Å². The summed E-state index contributed by atoms with van der Waals surface area (Å²) in [6, 6.07) is 0.789. The maximum atomic E-state index is 12.9. The molecule has 0 bridgehead atoms. The lowest BCUT2D eigenvalue weighted by atomic mass is 10.0. The number of hydrogen-bond donors (Lipinski definition) is 4. The van der Waals surface area contributed by atoms with Crippen LogP contribution in [0, 0.1) is 0 Å². The van der Waals surface area contributed by atoms with Gasteiger partial charge in [0.25, 0.3) is 11.8 Å². The molecule has 2 rings (SSSR count). The molecule has 2 amide bonds. The second-order valence-electron chi connectivity index (χ2n) is 8.08. The molecule has 0 unspecified atom stereocenters. The first-order chi connectivity index (χ1) is 16.1. The van der Waals surface area contributed by atoms with Gasteiger partial charge in [0.05, 0.1) is 30.9 Å². The van der Waals surface area contributed by atoms with Crippen LogP contribution in [0.2, 0.25) is 0 Å². The number of hydrazone groups is 1. The highest BCUT2D eigenvalue weighted by Gasteiger charge is 2.37. The zero-order valence-corrected chi connectivity index (χ0v) is 18.7. The van der Waals surface area contributed by atoms with Crippen molar-refractivity contribution in [2.75, 3.05) is 26.3 Å². The maximum Gasteiger partial charge on any atom is 0.416 e. The van der Waals surface area contributed by atoms with Gasteiger partial charge in [0.2, 0.25) is 0 Å². The lowest BCUT2D eigenvalue weighted by Gasteiger charge is -2.41. The molecule has 1 aliphatic rings. The van der Waals surface area contributed by atoms with Crippen LogP contribution in [0.4, 0.5) is 26.3 Å². The number of halogens is 6. The van der Waals surface area contributed by atoms with Gasteiger partial charge in [0.1, 0.15) is 0 Å². The summed E-state index contributed by atoms with van der Waals surface area (Å²) in [5.74, 6) is -1.96. The van der Waals surface area contributed by atoms with Gasteiger partial charge in [-0.3, -0.25) is 30.8 Å². The van der Waals surface area contributed by atoms with E-state index in [9.17, 15) is 35.9 Å². The molecule has 1 saturated heterocycles. The van der Waals surface area contributed by atoms with Gasteiger partial charge in [0, 0.05) is 29.9 Å². The SMILES string of the molecule is CC1(C)COCCN1CC(=O)NNC(=O)/C=C\N/N=C(\N)c1cc(C(F)(F)F)cc(C(F)(F)F)c1. The number of carbonyl (C=O) groups is 2. The zero-order valence-electron chi connectivity index (χ0n) is 18.7. The van der Waals surface area contributed by atoms with Crippen molar-refractivity contribution in [3.8, 4) is 0 Å². The first-order valence-corrected chi connectivity index (χ1v) is 10.1. The van der Waals surface area contributed by atoms with Crippen LogP contribution >= 0.6 is 0 Å². The molecule has 0 saturated carbocycles. The molecule has 5 N–H and O–H groups in total. The highest BCUT2D eigenvalue weighted by Crippen LogP contribution is 2.36. The molecule has 9 nitrogen and oxygen atoms in total. The first-order valence-electron chi connectivity index (χ1n) is 10.1. The van der Waals surface area contributed by atoms with E-state index < -0.39 is 46.7 Å². The molecule has 0 spiro atoms. The number of carbonyl (C=O) groups excluding carboxylic acids is 2. The molecule has 1 fully saturated rings. The number of ether oxygens (including phenoxy) is 1. The van der Waals surface area contributed by atoms with Crippen molar-refractivity contribution >= 4 is 17.6 Å². The lowest BCUT2D eigenvalue weighted by Crippen LogP contribution is -2.57. The summed E-state index contributed by atoms with van der Waals surface area (Å²) < 4.78 is 83.0. The van der Waals surface area contributed by atoms with E-state index in [1.165, 1.54) is 0 Å². The molecule has 0 aromatic heterocycles. The fourth-order valence-corrected chi connectivity index (χ4v) is 2.96. The highest BCUT2D eigenvalue weighted by atomic mass is 19.4. The van der Waals surface area contributed by atoms with E-state index >= 15 is 0 Å². The minimum absolute atomic E-state index is 0.0103. The van der Waals surface area contributed by atoms with Gasteiger partial charge in [-0.15, -0.1) is 0 Å². The molecule has 194 valence electrons. The molecular formula is C20H24F6N6O3. The van der Waals surface area contributed by atoms with E-state index in [-0.39, 0.29) is 18.2 Å². The van der Waals surface area contributed by atoms with Crippen LogP contribution in [0.15, 0.2) is 35.6 Å². The number of hydrogen-bond acceptors (Lipinski definition) is 6. The summed E-state index contributed by atoms with van der Waals surface area (Å²) in [6.45, 7) is 5.27. The number of amides is 2. The highest BCUT2D eigenvalue weighted by molar-refractivity contribution is 5.97. The van der Waals surface area contributed by atoms with Gasteiger partial charge in [-0.1, -0.05) is 0 Å². The minimum atomic E-state index is -5.04. The fraction of sp³-hybridized carbons (Fsp3) is 0.450. The minimum Gasteiger partial charge on any atom is -0.382 e. The van der Waals surface area contributed by atoms with Crippen molar-refractivity contribution in [3.05, 3.63) is 47.2 Å². The van der Waals surface area contributed by atoms with Gasteiger partial charge in [-0.05, 0) is 32.0 Å². The van der Waals surface area contributed by atoms with Gasteiger partial charge < -0.3 is 10.5 Å². The monoisotopic (exact) mass is 510 g/mol. The molecule has 1 heterocycles. The largest absolute Gasteiger partial charge is 0.416 e. The van der Waals surface area contributed by atoms with Gasteiger partial charge >= 0.3 is 12.4 Å². The quantitative estimate of drug-likeness (QED) is 0.152. The Morgan fingerprint density at radius 2 is 1.71 bits per heavy atom. The number of hydrazine groups is 1. The van der Waals surface area contributed by atoms with Gasteiger partial charge in [-0.2, -0.15) is 31.4 Å². The number of nitrogens with two attached hydrogens (primary N) is 1. The van der Waals surface area contributed by atoms with E-state index in [1.807, 2.05) is 18.7 Å². The van der Waals surface area contributed by atoms with Crippen molar-refractivity contribution in [1.82, 2.24) is 21.2 Å². The first kappa shape index (κ1) is 27.9. The van der Waals surface area contributed by atoms with Crippen LogP contribution in [0.5, 0.6) is 0 Å². The normalized spacial score (nSPS) is 17.3. The molecule has 0 atom stereocenters. The van der Waals surface area contributed by atoms with E-state index in [4.69, 9.17) is 10.5 Å². The zero-order chi connectivity index (χ0) is 26.4. The maximum absolute atomic E-state index is 12.9. The summed E-state index contributed by atoms with van der Waals surface area (Å²) in [5.41, 5.74) is 7.85. The topological polar surface area (TPSA) is 121 Å². The number of amidine groups is 1. The van der Waals surface area contributed by atoms with E-state index in [1.54, 1.807) is 0 Å². The van der Waals surface area contributed by atoms with E-state index in [2.05, 4.69) is 21.4 Å². The second-order valence-corrected chi connectivity index (χ2v) is 8.08. The Hall–Kier alpha value is -3.33. The smallest absolute Gasteiger partial charge is 0.382 e. The van der Waals surface area contributed by atoms with Crippen molar-refractivity contribution in [3.63, 3.8) is 0 Å². The Morgan fingerprint density at radius 1 is 1.11 bits per heavy atom. The van der Waals surface area contributed by atoms with Crippen LogP contribution in [-0.2, 0) is 26.7 Å². The molecule has 0 radical (unpaired) electrons. The molecule has 1 aromatic rings. The number of morpholine rings is 1.